The molecule has 4 aromatic heterocycles. The van der Waals surface area contributed by atoms with Crippen molar-refractivity contribution in [2.24, 2.45) is 0 Å². The lowest BCUT2D eigenvalue weighted by atomic mass is 10.1. The van der Waals surface area contributed by atoms with Crippen molar-refractivity contribution >= 4 is 54.9 Å². The molecule has 8 rings (SSSR count). The van der Waals surface area contributed by atoms with Crippen LogP contribution in [0.3, 0.4) is 0 Å². The zero-order chi connectivity index (χ0) is 22.9. The Hall–Kier alpha value is -4.57. The van der Waals surface area contributed by atoms with Gasteiger partial charge in [-0.15, -0.1) is 0 Å². The largest absolute Gasteiger partial charge is 0.456 e. The molecule has 35 heavy (non-hydrogen) atoms. The minimum Gasteiger partial charge on any atom is -0.456 e. The molecular weight excluding hydrogens is 430 g/mol. The van der Waals surface area contributed by atoms with E-state index in [1.807, 2.05) is 24.4 Å². The molecule has 0 bridgehead atoms. The van der Waals surface area contributed by atoms with Crippen LogP contribution in [0.4, 0.5) is 0 Å². The Morgan fingerprint density at radius 3 is 2.51 bits per heavy atom. The van der Waals surface area contributed by atoms with Crippen molar-refractivity contribution in [1.82, 2.24) is 14.1 Å². The minimum atomic E-state index is 0.240. The van der Waals surface area contributed by atoms with E-state index in [9.17, 15) is 0 Å². The van der Waals surface area contributed by atoms with Gasteiger partial charge in [-0.25, -0.2) is 4.98 Å². The SMILES string of the molecule is C1=CCC(n2c3ccccc3c3c4cccnc4n(-c4ccc5oc6ccccc6c5c4)c32)C=C1. The van der Waals surface area contributed by atoms with Gasteiger partial charge in [0.25, 0.3) is 0 Å². The van der Waals surface area contributed by atoms with Gasteiger partial charge < -0.3 is 8.98 Å². The summed E-state index contributed by atoms with van der Waals surface area (Å²) < 4.78 is 10.9. The highest BCUT2D eigenvalue weighted by atomic mass is 16.3. The molecule has 0 saturated heterocycles. The maximum atomic E-state index is 6.12. The van der Waals surface area contributed by atoms with E-state index >= 15 is 0 Å². The van der Waals surface area contributed by atoms with Crippen molar-refractivity contribution in [2.75, 3.05) is 0 Å². The van der Waals surface area contributed by atoms with E-state index in [1.54, 1.807) is 0 Å². The number of benzene rings is 3. The van der Waals surface area contributed by atoms with Gasteiger partial charge in [0.05, 0.1) is 11.6 Å². The van der Waals surface area contributed by atoms with Crippen molar-refractivity contribution in [2.45, 2.75) is 12.5 Å². The summed E-state index contributed by atoms with van der Waals surface area (Å²) >= 11 is 0. The van der Waals surface area contributed by atoms with Gasteiger partial charge in [0.15, 0.2) is 0 Å². The Kier molecular flexibility index (Phi) is 3.74. The first kappa shape index (κ1) is 18.8. The predicted octanol–water partition coefficient (Wildman–Crippen LogP) is 8.09. The fraction of sp³-hybridized carbons (Fsp3) is 0.0645. The molecule has 0 aliphatic heterocycles. The second kappa shape index (κ2) is 6.97. The van der Waals surface area contributed by atoms with Crippen LogP contribution >= 0.6 is 0 Å². The highest BCUT2D eigenvalue weighted by molar-refractivity contribution is 6.21. The molecule has 0 spiro atoms. The number of pyridine rings is 1. The van der Waals surface area contributed by atoms with Crippen LogP contribution in [-0.2, 0) is 0 Å². The number of rotatable bonds is 2. The summed E-state index contributed by atoms with van der Waals surface area (Å²) in [7, 11) is 0. The number of nitrogens with zero attached hydrogens (tertiary/aromatic N) is 3. The number of allylic oxidation sites excluding steroid dienone is 4. The molecule has 4 heterocycles. The van der Waals surface area contributed by atoms with Gasteiger partial charge in [-0.2, -0.15) is 0 Å². The smallest absolute Gasteiger partial charge is 0.146 e. The Balaban J connectivity index is 1.55. The second-order valence-corrected chi connectivity index (χ2v) is 9.19. The molecule has 4 heteroatoms. The summed E-state index contributed by atoms with van der Waals surface area (Å²) in [5.74, 6) is 0. The van der Waals surface area contributed by atoms with E-state index in [4.69, 9.17) is 9.40 Å². The molecule has 0 saturated carbocycles. The minimum absolute atomic E-state index is 0.240. The topological polar surface area (TPSA) is 35.9 Å². The molecular formula is C31H21N3O. The molecule has 7 aromatic rings. The van der Waals surface area contributed by atoms with Gasteiger partial charge in [-0.3, -0.25) is 4.57 Å². The third-order valence-corrected chi connectivity index (χ3v) is 7.27. The second-order valence-electron chi connectivity index (χ2n) is 9.19. The molecule has 0 N–H and O–H groups in total. The molecule has 1 aliphatic carbocycles. The summed E-state index contributed by atoms with van der Waals surface area (Å²) in [6, 6.07) is 27.9. The predicted molar refractivity (Wildman–Crippen MR) is 143 cm³/mol. The molecule has 0 radical (unpaired) electrons. The number of para-hydroxylation sites is 2. The molecule has 3 aromatic carbocycles. The number of furan rings is 1. The maximum absolute atomic E-state index is 6.12. The first-order chi connectivity index (χ1) is 17.4. The van der Waals surface area contributed by atoms with Gasteiger partial charge in [-0.1, -0.05) is 60.7 Å². The van der Waals surface area contributed by atoms with E-state index in [0.717, 1.165) is 39.7 Å². The summed E-state index contributed by atoms with van der Waals surface area (Å²) in [5, 5.41) is 5.93. The monoisotopic (exact) mass is 451 g/mol. The Morgan fingerprint density at radius 2 is 1.60 bits per heavy atom. The standard InChI is InChI=1S/C31H21N3O/c1-2-9-20(10-3-1)33-26-14-6-4-12-23(26)29-24-13-8-18-32-30(24)34(31(29)33)21-16-17-28-25(19-21)22-11-5-7-15-27(22)35-28/h1-9,11-20H,10H2. The molecule has 0 fully saturated rings. The van der Waals surface area contributed by atoms with E-state index < -0.39 is 0 Å². The lowest BCUT2D eigenvalue weighted by Crippen LogP contribution is -2.10. The third-order valence-electron chi connectivity index (χ3n) is 7.27. The Morgan fingerprint density at radius 1 is 0.771 bits per heavy atom. The molecule has 166 valence electrons. The van der Waals surface area contributed by atoms with E-state index in [0.29, 0.717) is 0 Å². The highest BCUT2D eigenvalue weighted by Gasteiger charge is 2.25. The van der Waals surface area contributed by atoms with Crippen LogP contribution in [0.1, 0.15) is 12.5 Å². The number of aromatic nitrogens is 3. The first-order valence-electron chi connectivity index (χ1n) is 12.0. The molecule has 1 unspecified atom stereocenters. The highest BCUT2D eigenvalue weighted by Crippen LogP contribution is 2.42. The van der Waals surface area contributed by atoms with Gasteiger partial charge in [-0.05, 0) is 48.9 Å². The van der Waals surface area contributed by atoms with Crippen molar-refractivity contribution in [3.63, 3.8) is 0 Å². The van der Waals surface area contributed by atoms with Crippen LogP contribution in [0.15, 0.2) is 114 Å². The van der Waals surface area contributed by atoms with Crippen LogP contribution in [-0.4, -0.2) is 14.1 Å². The van der Waals surface area contributed by atoms with Gasteiger partial charge in [0, 0.05) is 38.8 Å². The van der Waals surface area contributed by atoms with E-state index in [-0.39, 0.29) is 6.04 Å². The summed E-state index contributed by atoms with van der Waals surface area (Å²) in [5.41, 5.74) is 6.29. The summed E-state index contributed by atoms with van der Waals surface area (Å²) in [4.78, 5) is 4.88. The number of fused-ring (bicyclic) bond motifs is 8. The quantitative estimate of drug-likeness (QED) is 0.266. The first-order valence-corrected chi connectivity index (χ1v) is 12.0. The van der Waals surface area contributed by atoms with E-state index in [1.165, 1.54) is 27.3 Å². The fourth-order valence-corrected chi connectivity index (χ4v) is 5.80. The molecule has 4 nitrogen and oxygen atoms in total. The van der Waals surface area contributed by atoms with Crippen LogP contribution in [0, 0.1) is 0 Å². The zero-order valence-electron chi connectivity index (χ0n) is 18.9. The van der Waals surface area contributed by atoms with Crippen molar-refractivity contribution in [3.05, 3.63) is 109 Å². The third kappa shape index (κ3) is 2.54. The number of hydrogen-bond acceptors (Lipinski definition) is 2. The van der Waals surface area contributed by atoms with Crippen LogP contribution in [0.25, 0.3) is 60.6 Å². The summed E-state index contributed by atoms with van der Waals surface area (Å²) in [6.45, 7) is 0. The van der Waals surface area contributed by atoms with Crippen molar-refractivity contribution in [1.29, 1.82) is 0 Å². The fourth-order valence-electron chi connectivity index (χ4n) is 5.80. The molecule has 1 atom stereocenters. The molecule has 0 amide bonds. The average Bonchev–Trinajstić information content (AvgIpc) is 3.56. The Labute approximate surface area is 201 Å². The van der Waals surface area contributed by atoms with Crippen LogP contribution in [0.2, 0.25) is 0 Å². The lowest BCUT2D eigenvalue weighted by molar-refractivity contribution is 0.640. The summed E-state index contributed by atoms with van der Waals surface area (Å²) in [6.07, 6.45) is 11.7. The molecule has 1 aliphatic rings. The maximum Gasteiger partial charge on any atom is 0.146 e. The van der Waals surface area contributed by atoms with Crippen molar-refractivity contribution < 1.29 is 4.42 Å². The van der Waals surface area contributed by atoms with E-state index in [2.05, 4.69) is 94.1 Å². The normalized spacial score (nSPS) is 15.9. The van der Waals surface area contributed by atoms with Gasteiger partial charge >= 0.3 is 0 Å². The van der Waals surface area contributed by atoms with Gasteiger partial charge in [0.1, 0.15) is 22.5 Å². The number of hydrogen-bond donors (Lipinski definition) is 0. The average molecular weight is 452 g/mol. The Bertz CT molecular complexity index is 2000. The van der Waals surface area contributed by atoms with Crippen molar-refractivity contribution in [3.8, 4) is 5.69 Å². The lowest BCUT2D eigenvalue weighted by Gasteiger charge is -2.20. The van der Waals surface area contributed by atoms with Crippen LogP contribution in [0.5, 0.6) is 0 Å². The van der Waals surface area contributed by atoms with Gasteiger partial charge in [0.2, 0.25) is 0 Å². The zero-order valence-corrected chi connectivity index (χ0v) is 18.9. The van der Waals surface area contributed by atoms with Crippen LogP contribution < -0.4 is 0 Å².